The summed E-state index contributed by atoms with van der Waals surface area (Å²) in [5, 5.41) is 0. The summed E-state index contributed by atoms with van der Waals surface area (Å²) >= 11 is 0. The topological polar surface area (TPSA) is 89.7 Å². The molecule has 0 heterocycles. The van der Waals surface area contributed by atoms with Crippen molar-refractivity contribution < 1.29 is 19.1 Å². The van der Waals surface area contributed by atoms with Crippen LogP contribution in [0.15, 0.2) is 25.3 Å². The molecule has 0 spiro atoms. The summed E-state index contributed by atoms with van der Waals surface area (Å²) in [6, 6.07) is 0. The third-order valence-corrected chi connectivity index (χ3v) is 2.11. The van der Waals surface area contributed by atoms with Crippen molar-refractivity contribution >= 4 is 18.3 Å². The molecule has 0 aliphatic carbocycles. The summed E-state index contributed by atoms with van der Waals surface area (Å²) in [4.78, 5) is 31.7. The Balaban J connectivity index is -0.0000000953. The van der Waals surface area contributed by atoms with Crippen LogP contribution in [0, 0.1) is 5.92 Å². The van der Waals surface area contributed by atoms with Crippen molar-refractivity contribution in [2.45, 2.75) is 73.3 Å². The molecular formula is C21H41FmN2O4-. The van der Waals surface area contributed by atoms with Crippen LogP contribution in [0.4, 0.5) is 0 Å². The van der Waals surface area contributed by atoms with Gasteiger partial charge in [-0.15, -0.1) is 13.2 Å². The van der Waals surface area contributed by atoms with Crippen LogP contribution in [0.3, 0.4) is 0 Å². The fraction of sp³-hybridized carbons (Fsp3) is 0.667. The van der Waals surface area contributed by atoms with Gasteiger partial charge in [-0.1, -0.05) is 32.9 Å². The molecule has 0 saturated heterocycles. The molecule has 0 rings (SSSR count). The molecule has 28 heavy (non-hydrogen) atoms. The van der Waals surface area contributed by atoms with Crippen LogP contribution < -0.4 is 5.73 Å². The summed E-state index contributed by atoms with van der Waals surface area (Å²) in [6.07, 6.45) is 6.77. The van der Waals surface area contributed by atoms with Gasteiger partial charge in [-0.05, 0) is 39.5 Å². The number of esters is 1. The second kappa shape index (κ2) is 23.9. The van der Waals surface area contributed by atoms with Crippen LogP contribution in [0.25, 0.3) is 0 Å². The van der Waals surface area contributed by atoms with Crippen molar-refractivity contribution in [3.05, 3.63) is 25.3 Å². The predicted octanol–water partition coefficient (Wildman–Crippen LogP) is 4.01. The molecular weight excluding hydrogens is 601 g/mol. The number of carbonyl (C=O) groups excluding carboxylic acids is 3. The van der Waals surface area contributed by atoms with Crippen LogP contribution >= 0.6 is 0 Å². The summed E-state index contributed by atoms with van der Waals surface area (Å²) in [7, 11) is 1.81. The minimum Gasteiger partial charge on any atom is -0.543 e. The summed E-state index contributed by atoms with van der Waals surface area (Å²) in [5.41, 5.74) is 3.71. The van der Waals surface area contributed by atoms with Gasteiger partial charge < -0.3 is 20.2 Å². The largest absolute Gasteiger partial charge is 0.543 e. The van der Waals surface area contributed by atoms with Crippen molar-refractivity contribution in [3.63, 3.8) is 0 Å². The zero-order valence-corrected chi connectivity index (χ0v) is 21.3. The minimum absolute atomic E-state index is 0. The Morgan fingerprint density at radius 1 is 1.14 bits per heavy atom. The average Bonchev–Trinajstić information content (AvgIpc) is 2.48. The molecule has 0 atom stereocenters. The SMILES string of the molecule is C=CCCC(=O)N(C)CCC=C.CC(=O)OC(C)(C)C.CC(C)C.N[C-]=O.[Fm]. The average molecular weight is 643 g/mol. The molecule has 0 unspecified atom stereocenters. The van der Waals surface area contributed by atoms with Crippen LogP contribution in [-0.4, -0.2) is 42.4 Å². The first-order valence-corrected chi connectivity index (χ1v) is 9.01. The van der Waals surface area contributed by atoms with Gasteiger partial charge >= 0.3 is 5.97 Å². The molecule has 0 bridgehead atoms. The number of rotatable bonds is 6. The number of carbonyl (C=O) groups is 2. The van der Waals surface area contributed by atoms with E-state index >= 15 is 0 Å². The number of nitrogens with zero attached hydrogens (tertiary/aromatic N) is 1. The Labute approximate surface area is 166 Å². The Morgan fingerprint density at radius 3 is 1.71 bits per heavy atom. The molecule has 172 valence electrons. The van der Waals surface area contributed by atoms with Gasteiger partial charge in [0.1, 0.15) is 5.60 Å². The monoisotopic (exact) mass is 642 g/mol. The third kappa shape index (κ3) is 56.9. The molecule has 0 aromatic heterocycles. The molecule has 0 aliphatic heterocycles. The normalized spacial score (nSPS) is 8.75. The molecule has 0 saturated carbocycles. The van der Waals surface area contributed by atoms with Gasteiger partial charge in [-0.25, -0.2) is 0 Å². The van der Waals surface area contributed by atoms with Crippen LogP contribution in [0.5, 0.6) is 0 Å². The summed E-state index contributed by atoms with van der Waals surface area (Å²) < 4.78 is 4.80. The van der Waals surface area contributed by atoms with Gasteiger partial charge in [0, 0.05) is 26.9 Å². The van der Waals surface area contributed by atoms with E-state index in [1.807, 2.05) is 33.9 Å². The molecule has 2 N–H and O–H groups in total. The maximum absolute atomic E-state index is 11.3. The van der Waals surface area contributed by atoms with Gasteiger partial charge in [0.15, 0.2) is 0 Å². The number of hydrogen-bond donors (Lipinski definition) is 1. The number of ether oxygens (including phenoxy) is 1. The van der Waals surface area contributed by atoms with Gasteiger partial charge in [-0.3, -0.25) is 9.59 Å². The van der Waals surface area contributed by atoms with Crippen molar-refractivity contribution in [2.75, 3.05) is 13.6 Å². The fourth-order valence-electron chi connectivity index (χ4n) is 1.26. The summed E-state index contributed by atoms with van der Waals surface area (Å²) in [6.45, 7) is 21.4. The van der Waals surface area contributed by atoms with E-state index in [1.54, 1.807) is 11.0 Å². The first-order chi connectivity index (χ1) is 12.3. The van der Waals surface area contributed by atoms with E-state index in [2.05, 4.69) is 39.7 Å². The van der Waals surface area contributed by atoms with Gasteiger partial charge in [0.25, 0.3) is 0 Å². The van der Waals surface area contributed by atoms with E-state index < -0.39 is 0 Å². The van der Waals surface area contributed by atoms with Gasteiger partial charge in [0.2, 0.25) is 5.91 Å². The predicted molar refractivity (Wildman–Crippen MR) is 114 cm³/mol. The van der Waals surface area contributed by atoms with Crippen molar-refractivity contribution in [1.82, 2.24) is 4.90 Å². The second-order valence-corrected chi connectivity index (χ2v) is 7.28. The van der Waals surface area contributed by atoms with Crippen molar-refractivity contribution in [2.24, 2.45) is 11.7 Å². The molecule has 0 fully saturated rings. The van der Waals surface area contributed by atoms with E-state index in [-0.39, 0.29) is 17.5 Å². The Kier molecular flexibility index (Phi) is 30.6. The second-order valence-electron chi connectivity index (χ2n) is 7.28. The zero-order chi connectivity index (χ0) is 22.5. The maximum atomic E-state index is 11.3. The van der Waals surface area contributed by atoms with E-state index in [0.29, 0.717) is 6.42 Å². The molecule has 0 aliphatic rings. The molecule has 7 heteroatoms. The maximum Gasteiger partial charge on any atom is 0.303 e. The van der Waals surface area contributed by atoms with Crippen LogP contribution in [-0.2, 0) is 19.1 Å². The van der Waals surface area contributed by atoms with Crippen LogP contribution in [0.2, 0.25) is 0 Å². The quantitative estimate of drug-likeness (QED) is 0.205. The fourth-order valence-corrected chi connectivity index (χ4v) is 1.26. The van der Waals surface area contributed by atoms with E-state index in [0.717, 1.165) is 31.7 Å². The smallest absolute Gasteiger partial charge is 0.303 e. The minimum atomic E-state index is -0.328. The van der Waals surface area contributed by atoms with E-state index in [1.165, 1.54) is 6.92 Å². The number of nitrogens with two attached hydrogens (primary N) is 1. The standard InChI is InChI=1S/C10H17NO.C6H12O2.C4H10.CH2NO.Fm/c1-4-6-8-10(12)11(3)9-7-5-2;1-5(7)8-6(2,3)4;1-4(2)3;2-1-3;/h4-5H,1-2,6-9H2,3H3;1-4H3;4H,1-3H3;(H2,2,3);/q;;;-1;. The number of hydrogen-bond acceptors (Lipinski definition) is 4. The van der Waals surface area contributed by atoms with Gasteiger partial charge in [-0.2, -0.15) is 6.41 Å². The first-order valence-electron chi connectivity index (χ1n) is 9.01. The molecule has 0 radical (unpaired) electrons. The van der Waals surface area contributed by atoms with Crippen molar-refractivity contribution in [1.29, 1.82) is 0 Å². The van der Waals surface area contributed by atoms with Gasteiger partial charge in [0.05, 0.1) is 0 Å². The molecule has 2 amide bonds. The third-order valence-electron chi connectivity index (χ3n) is 2.11. The Bertz CT molecular complexity index is 403. The van der Waals surface area contributed by atoms with Crippen molar-refractivity contribution in [3.8, 4) is 0 Å². The molecule has 0 aromatic rings. The van der Waals surface area contributed by atoms with E-state index in [4.69, 9.17) is 9.53 Å². The Hall–Kier alpha value is -3.11. The van der Waals surface area contributed by atoms with E-state index in [9.17, 15) is 9.59 Å². The summed E-state index contributed by atoms with van der Waals surface area (Å²) in [5.74, 6) is 0.786. The molecule has 0 aromatic carbocycles. The number of amides is 2. The zero-order valence-electron chi connectivity index (χ0n) is 18.9. The Morgan fingerprint density at radius 2 is 1.50 bits per heavy atom. The first kappa shape index (κ1) is 35.9. The number of primary amides is 1. The molecule has 6 nitrogen and oxygen atoms in total. The number of allylic oxidation sites excluding steroid dienone is 1. The van der Waals surface area contributed by atoms with Crippen LogP contribution in [0.1, 0.15) is 67.7 Å².